The lowest BCUT2D eigenvalue weighted by atomic mass is 10.3. The van der Waals surface area contributed by atoms with E-state index in [9.17, 15) is 13.2 Å². The summed E-state index contributed by atoms with van der Waals surface area (Å²) in [5.41, 5.74) is 0. The van der Waals surface area contributed by atoms with Gasteiger partial charge in [0.25, 0.3) is 0 Å². The van der Waals surface area contributed by atoms with E-state index in [0.717, 1.165) is 4.90 Å². The van der Waals surface area contributed by atoms with Gasteiger partial charge in [-0.25, -0.2) is 8.42 Å². The molecule has 1 amide bonds. The van der Waals surface area contributed by atoms with Crippen LogP contribution >= 0.6 is 11.8 Å². The third-order valence-electron chi connectivity index (χ3n) is 4.69. The van der Waals surface area contributed by atoms with Crippen molar-refractivity contribution in [1.29, 1.82) is 0 Å². The molecule has 9 heteroatoms. The Morgan fingerprint density at radius 3 is 2.24 bits per heavy atom. The number of ether oxygens (including phenoxy) is 2. The predicted octanol–water partition coefficient (Wildman–Crippen LogP) is 2.33. The van der Waals surface area contributed by atoms with E-state index >= 15 is 0 Å². The molecule has 1 heterocycles. The van der Waals surface area contributed by atoms with Crippen molar-refractivity contribution >= 4 is 27.7 Å². The van der Waals surface area contributed by atoms with Crippen molar-refractivity contribution in [3.63, 3.8) is 0 Å². The minimum atomic E-state index is -3.52. The van der Waals surface area contributed by atoms with Gasteiger partial charge in [0, 0.05) is 31.1 Å². The molecular weight excluding hydrogens is 412 g/mol. The first kappa shape index (κ1) is 21.5. The van der Waals surface area contributed by atoms with Crippen LogP contribution in [0.25, 0.3) is 0 Å². The van der Waals surface area contributed by atoms with E-state index in [0.29, 0.717) is 37.7 Å². The van der Waals surface area contributed by atoms with Gasteiger partial charge in [0.1, 0.15) is 0 Å². The van der Waals surface area contributed by atoms with Crippen molar-refractivity contribution in [2.24, 2.45) is 0 Å². The minimum absolute atomic E-state index is 0.0125. The van der Waals surface area contributed by atoms with Crippen LogP contribution in [0.5, 0.6) is 11.5 Å². The van der Waals surface area contributed by atoms with E-state index in [-0.39, 0.29) is 16.6 Å². The summed E-state index contributed by atoms with van der Waals surface area (Å²) in [6.45, 7) is 1.36. The highest BCUT2D eigenvalue weighted by Crippen LogP contribution is 2.32. The molecule has 1 fully saturated rings. The van der Waals surface area contributed by atoms with Crippen LogP contribution in [-0.2, 0) is 14.8 Å². The fraction of sp³-hybridized carbons (Fsp3) is 0.350. The van der Waals surface area contributed by atoms with Gasteiger partial charge in [-0.15, -0.1) is 11.8 Å². The molecule has 1 aliphatic heterocycles. The van der Waals surface area contributed by atoms with E-state index in [1.165, 1.54) is 16.1 Å². The molecule has 1 saturated heterocycles. The van der Waals surface area contributed by atoms with Gasteiger partial charge in [0.2, 0.25) is 15.9 Å². The number of nitrogens with zero attached hydrogens (tertiary/aromatic N) is 2. The molecule has 0 atom stereocenters. The van der Waals surface area contributed by atoms with Crippen molar-refractivity contribution in [1.82, 2.24) is 9.21 Å². The van der Waals surface area contributed by atoms with E-state index in [1.807, 2.05) is 12.1 Å². The average Bonchev–Trinajstić information content (AvgIpc) is 2.77. The van der Waals surface area contributed by atoms with Gasteiger partial charge in [-0.2, -0.15) is 4.31 Å². The Morgan fingerprint density at radius 2 is 1.62 bits per heavy atom. The second kappa shape index (κ2) is 9.51. The standard InChI is InChI=1S/C20H24N2O5S2/c1-26-18-9-8-16(14-19(18)27-2)28-15-20(23)21-10-12-22(13-11-21)29(24,25)17-6-4-3-5-7-17/h3-9,14H,10-13,15H2,1-2H3. The van der Waals surface area contributed by atoms with Crippen LogP contribution in [0.4, 0.5) is 0 Å². The summed E-state index contributed by atoms with van der Waals surface area (Å²) in [6, 6.07) is 13.9. The van der Waals surface area contributed by atoms with Crippen LogP contribution in [0.15, 0.2) is 58.3 Å². The Labute approximate surface area is 175 Å². The van der Waals surface area contributed by atoms with Crippen molar-refractivity contribution in [2.45, 2.75) is 9.79 Å². The molecule has 0 unspecified atom stereocenters. The molecule has 3 rings (SSSR count). The number of methoxy groups -OCH3 is 2. The van der Waals surface area contributed by atoms with Crippen LogP contribution in [-0.4, -0.2) is 69.7 Å². The van der Waals surface area contributed by atoms with Gasteiger partial charge >= 0.3 is 0 Å². The largest absolute Gasteiger partial charge is 0.493 e. The van der Waals surface area contributed by atoms with Crippen LogP contribution in [0.3, 0.4) is 0 Å². The molecule has 2 aromatic carbocycles. The quantitative estimate of drug-likeness (QED) is 0.620. The molecule has 0 bridgehead atoms. The summed E-state index contributed by atoms with van der Waals surface area (Å²) in [6.07, 6.45) is 0. The zero-order valence-electron chi connectivity index (χ0n) is 16.4. The van der Waals surface area contributed by atoms with Gasteiger partial charge < -0.3 is 14.4 Å². The zero-order valence-corrected chi connectivity index (χ0v) is 18.0. The number of benzene rings is 2. The molecule has 0 saturated carbocycles. The number of carbonyl (C=O) groups is 1. The smallest absolute Gasteiger partial charge is 0.243 e. The number of sulfonamides is 1. The fourth-order valence-electron chi connectivity index (χ4n) is 3.06. The molecule has 0 spiro atoms. The topological polar surface area (TPSA) is 76.2 Å². The van der Waals surface area contributed by atoms with Crippen LogP contribution in [0.1, 0.15) is 0 Å². The Hall–Kier alpha value is -2.23. The van der Waals surface area contributed by atoms with Crippen LogP contribution in [0.2, 0.25) is 0 Å². The molecule has 1 aliphatic rings. The van der Waals surface area contributed by atoms with Gasteiger partial charge in [0.05, 0.1) is 24.9 Å². The number of amides is 1. The normalized spacial score (nSPS) is 15.2. The van der Waals surface area contributed by atoms with Crippen LogP contribution < -0.4 is 9.47 Å². The third-order valence-corrected chi connectivity index (χ3v) is 7.58. The average molecular weight is 437 g/mol. The number of thioether (sulfide) groups is 1. The SMILES string of the molecule is COc1ccc(SCC(=O)N2CCN(S(=O)(=O)c3ccccc3)CC2)cc1OC. The maximum atomic E-state index is 12.7. The fourth-order valence-corrected chi connectivity index (χ4v) is 5.33. The van der Waals surface area contributed by atoms with E-state index in [4.69, 9.17) is 9.47 Å². The molecule has 0 aliphatic carbocycles. The highest BCUT2D eigenvalue weighted by atomic mass is 32.2. The Bertz CT molecular complexity index is 943. The van der Waals surface area contributed by atoms with Crippen LogP contribution in [0, 0.1) is 0 Å². The van der Waals surface area contributed by atoms with Gasteiger partial charge in [0.15, 0.2) is 11.5 Å². The number of carbonyl (C=O) groups excluding carboxylic acids is 1. The molecule has 29 heavy (non-hydrogen) atoms. The lowest BCUT2D eigenvalue weighted by molar-refractivity contribution is -0.129. The Balaban J connectivity index is 1.54. The number of piperazine rings is 1. The maximum absolute atomic E-state index is 12.7. The maximum Gasteiger partial charge on any atom is 0.243 e. The summed E-state index contributed by atoms with van der Waals surface area (Å²) < 4.78 is 37.3. The minimum Gasteiger partial charge on any atom is -0.493 e. The summed E-state index contributed by atoms with van der Waals surface area (Å²) in [5, 5.41) is 0. The Kier molecular flexibility index (Phi) is 7.05. The molecular formula is C20H24N2O5S2. The first-order valence-electron chi connectivity index (χ1n) is 9.13. The Morgan fingerprint density at radius 1 is 0.966 bits per heavy atom. The van der Waals surface area contributed by atoms with Crippen molar-refractivity contribution in [3.8, 4) is 11.5 Å². The number of rotatable bonds is 7. The lowest BCUT2D eigenvalue weighted by Crippen LogP contribution is -2.50. The highest BCUT2D eigenvalue weighted by Gasteiger charge is 2.29. The molecule has 0 aromatic heterocycles. The molecule has 0 N–H and O–H groups in total. The number of hydrogen-bond acceptors (Lipinski definition) is 6. The van der Waals surface area contributed by atoms with Gasteiger partial charge in [-0.05, 0) is 30.3 Å². The summed E-state index contributed by atoms with van der Waals surface area (Å²) in [5.74, 6) is 1.52. The second-order valence-electron chi connectivity index (χ2n) is 6.40. The van der Waals surface area contributed by atoms with Crippen molar-refractivity contribution in [2.75, 3.05) is 46.2 Å². The first-order chi connectivity index (χ1) is 14.0. The van der Waals surface area contributed by atoms with E-state index < -0.39 is 10.0 Å². The molecule has 7 nitrogen and oxygen atoms in total. The van der Waals surface area contributed by atoms with Crippen molar-refractivity contribution < 1.29 is 22.7 Å². The summed E-state index contributed by atoms with van der Waals surface area (Å²) in [4.78, 5) is 15.5. The zero-order chi connectivity index (χ0) is 20.9. The van der Waals surface area contributed by atoms with E-state index in [1.54, 1.807) is 55.5 Å². The molecule has 0 radical (unpaired) electrons. The highest BCUT2D eigenvalue weighted by molar-refractivity contribution is 8.00. The lowest BCUT2D eigenvalue weighted by Gasteiger charge is -2.34. The molecule has 2 aromatic rings. The third kappa shape index (κ3) is 5.04. The van der Waals surface area contributed by atoms with Gasteiger partial charge in [-0.3, -0.25) is 4.79 Å². The van der Waals surface area contributed by atoms with Crippen molar-refractivity contribution in [3.05, 3.63) is 48.5 Å². The molecule has 156 valence electrons. The summed E-state index contributed by atoms with van der Waals surface area (Å²) in [7, 11) is -0.371. The predicted molar refractivity (Wildman–Crippen MR) is 112 cm³/mol. The van der Waals surface area contributed by atoms with Gasteiger partial charge in [-0.1, -0.05) is 18.2 Å². The monoisotopic (exact) mass is 436 g/mol. The second-order valence-corrected chi connectivity index (χ2v) is 9.39. The summed E-state index contributed by atoms with van der Waals surface area (Å²) >= 11 is 1.42. The first-order valence-corrected chi connectivity index (χ1v) is 11.6. The van der Waals surface area contributed by atoms with E-state index in [2.05, 4.69) is 0 Å². The number of hydrogen-bond donors (Lipinski definition) is 0.